The fourth-order valence-corrected chi connectivity index (χ4v) is 0.550. The zero-order valence-corrected chi connectivity index (χ0v) is 5.34. The molecule has 0 aromatic carbocycles. The molecule has 59 valence electrons. The number of aromatic nitrogens is 1. The maximum Gasteiger partial charge on any atom is 0.505 e. The standard InChI is InChI=1S/C6H4F3N2/c7-6(8,9)11-5-3-1-2-4-10-5/h1-4H. The third kappa shape index (κ3) is 2.88. The molecule has 0 saturated heterocycles. The first-order valence-corrected chi connectivity index (χ1v) is 2.78. The van der Waals surface area contributed by atoms with Crippen LogP contribution in [0.2, 0.25) is 0 Å². The number of nitrogens with zero attached hydrogens (tertiary/aromatic N) is 2. The summed E-state index contributed by atoms with van der Waals surface area (Å²) in [7, 11) is 0. The Labute approximate surface area is 61.1 Å². The fraction of sp³-hybridized carbons (Fsp3) is 0.167. The molecule has 0 N–H and O–H groups in total. The molecule has 5 heteroatoms. The molecule has 0 bridgehead atoms. The molecule has 1 rings (SSSR count). The zero-order chi connectivity index (χ0) is 8.32. The summed E-state index contributed by atoms with van der Waals surface area (Å²) in [6, 6.07) is 4.15. The van der Waals surface area contributed by atoms with Crippen molar-refractivity contribution < 1.29 is 13.2 Å². The van der Waals surface area contributed by atoms with Gasteiger partial charge < -0.3 is 0 Å². The number of pyridine rings is 1. The Morgan fingerprint density at radius 3 is 2.45 bits per heavy atom. The summed E-state index contributed by atoms with van der Waals surface area (Å²) in [5.41, 5.74) is 0. The average Bonchev–Trinajstić information content (AvgIpc) is 1.85. The van der Waals surface area contributed by atoms with Gasteiger partial charge in [0.25, 0.3) is 0 Å². The van der Waals surface area contributed by atoms with Crippen LogP contribution in [0.5, 0.6) is 0 Å². The van der Waals surface area contributed by atoms with Crippen LogP contribution in [0.15, 0.2) is 24.4 Å². The second-order valence-electron chi connectivity index (χ2n) is 1.77. The summed E-state index contributed by atoms with van der Waals surface area (Å²) in [4.78, 5) is 3.38. The van der Waals surface area contributed by atoms with Crippen LogP contribution in [0, 0.1) is 0 Å². The number of halogens is 3. The predicted octanol–water partition coefficient (Wildman–Crippen LogP) is 1.84. The smallest absolute Gasteiger partial charge is 0.237 e. The Bertz CT molecular complexity index is 219. The van der Waals surface area contributed by atoms with Crippen molar-refractivity contribution in [2.45, 2.75) is 6.30 Å². The maximum atomic E-state index is 11.5. The Morgan fingerprint density at radius 2 is 2.00 bits per heavy atom. The monoisotopic (exact) mass is 161 g/mol. The van der Waals surface area contributed by atoms with E-state index >= 15 is 0 Å². The van der Waals surface area contributed by atoms with Gasteiger partial charge in [-0.2, -0.15) is 5.32 Å². The second-order valence-corrected chi connectivity index (χ2v) is 1.77. The highest BCUT2D eigenvalue weighted by molar-refractivity contribution is 5.24. The topological polar surface area (TPSA) is 27.0 Å². The van der Waals surface area contributed by atoms with Crippen molar-refractivity contribution in [2.75, 3.05) is 0 Å². The molecule has 0 aliphatic heterocycles. The summed E-state index contributed by atoms with van der Waals surface area (Å²) < 4.78 is 34.6. The molecule has 1 radical (unpaired) electrons. The van der Waals surface area contributed by atoms with Crippen LogP contribution in [-0.4, -0.2) is 11.3 Å². The van der Waals surface area contributed by atoms with E-state index < -0.39 is 6.30 Å². The minimum atomic E-state index is -4.53. The van der Waals surface area contributed by atoms with Gasteiger partial charge in [-0.15, -0.1) is 13.2 Å². The van der Waals surface area contributed by atoms with Gasteiger partial charge in [0.2, 0.25) is 0 Å². The van der Waals surface area contributed by atoms with E-state index in [-0.39, 0.29) is 5.82 Å². The largest absolute Gasteiger partial charge is 0.505 e. The van der Waals surface area contributed by atoms with Gasteiger partial charge in [0.1, 0.15) is 0 Å². The third-order valence-electron chi connectivity index (χ3n) is 0.891. The van der Waals surface area contributed by atoms with Gasteiger partial charge in [-0.05, 0) is 12.1 Å². The molecule has 0 fully saturated rings. The Hall–Kier alpha value is -1.26. The molecule has 0 amide bonds. The first kappa shape index (κ1) is 7.84. The Kier molecular flexibility index (Phi) is 1.98. The normalized spacial score (nSPS) is 11.2. The first-order chi connectivity index (χ1) is 5.08. The molecular weight excluding hydrogens is 157 g/mol. The van der Waals surface area contributed by atoms with Gasteiger partial charge in [0.05, 0.1) is 0 Å². The van der Waals surface area contributed by atoms with Crippen molar-refractivity contribution in [3.8, 4) is 0 Å². The average molecular weight is 161 g/mol. The SMILES string of the molecule is FC(F)(F)[N]c1ccccn1. The minimum absolute atomic E-state index is 0.319. The van der Waals surface area contributed by atoms with Crippen LogP contribution < -0.4 is 5.32 Å². The molecule has 1 heterocycles. The highest BCUT2D eigenvalue weighted by atomic mass is 19.4. The second kappa shape index (κ2) is 2.77. The molecule has 0 aliphatic carbocycles. The number of hydrogen-bond donors (Lipinski definition) is 0. The third-order valence-corrected chi connectivity index (χ3v) is 0.891. The van der Waals surface area contributed by atoms with Crippen molar-refractivity contribution >= 4 is 5.82 Å². The van der Waals surface area contributed by atoms with E-state index in [4.69, 9.17) is 0 Å². The van der Waals surface area contributed by atoms with Crippen LogP contribution >= 0.6 is 0 Å². The zero-order valence-electron chi connectivity index (χ0n) is 5.34. The van der Waals surface area contributed by atoms with Gasteiger partial charge in [-0.1, -0.05) is 6.07 Å². The van der Waals surface area contributed by atoms with E-state index in [1.807, 2.05) is 0 Å². The lowest BCUT2D eigenvalue weighted by molar-refractivity contribution is -0.148. The molecule has 0 saturated carbocycles. The Morgan fingerprint density at radius 1 is 1.27 bits per heavy atom. The van der Waals surface area contributed by atoms with Gasteiger partial charge in [0, 0.05) is 6.20 Å². The molecule has 11 heavy (non-hydrogen) atoms. The molecule has 1 aromatic rings. The number of alkyl halides is 3. The van der Waals surface area contributed by atoms with Gasteiger partial charge in [0.15, 0.2) is 5.82 Å². The highest BCUT2D eigenvalue weighted by Crippen LogP contribution is 2.17. The summed E-state index contributed by atoms with van der Waals surface area (Å²) in [6.07, 6.45) is -3.28. The molecule has 0 unspecified atom stereocenters. The van der Waals surface area contributed by atoms with Gasteiger partial charge in [-0.25, -0.2) is 4.98 Å². The molecule has 1 aromatic heterocycles. The molecule has 0 atom stereocenters. The number of hydrogen-bond acceptors (Lipinski definition) is 1. The van der Waals surface area contributed by atoms with Crippen molar-refractivity contribution in [2.24, 2.45) is 0 Å². The van der Waals surface area contributed by atoms with E-state index in [2.05, 4.69) is 10.3 Å². The van der Waals surface area contributed by atoms with E-state index in [1.165, 1.54) is 24.4 Å². The maximum absolute atomic E-state index is 11.5. The highest BCUT2D eigenvalue weighted by Gasteiger charge is 2.30. The van der Waals surface area contributed by atoms with Crippen LogP contribution in [0.1, 0.15) is 0 Å². The quantitative estimate of drug-likeness (QED) is 0.577. The van der Waals surface area contributed by atoms with E-state index in [9.17, 15) is 13.2 Å². The van der Waals surface area contributed by atoms with Crippen LogP contribution in [0.3, 0.4) is 0 Å². The first-order valence-electron chi connectivity index (χ1n) is 2.78. The van der Waals surface area contributed by atoms with E-state index in [0.29, 0.717) is 0 Å². The minimum Gasteiger partial charge on any atom is -0.237 e. The lowest BCUT2D eigenvalue weighted by Crippen LogP contribution is -2.20. The van der Waals surface area contributed by atoms with Gasteiger partial charge >= 0.3 is 6.30 Å². The molecular formula is C6H4F3N2. The van der Waals surface area contributed by atoms with E-state index in [0.717, 1.165) is 0 Å². The molecule has 0 aliphatic rings. The van der Waals surface area contributed by atoms with Crippen molar-refractivity contribution in [1.82, 2.24) is 10.3 Å². The van der Waals surface area contributed by atoms with E-state index in [1.54, 1.807) is 0 Å². The molecule has 2 nitrogen and oxygen atoms in total. The lowest BCUT2D eigenvalue weighted by atomic mass is 10.5. The van der Waals surface area contributed by atoms with Gasteiger partial charge in [-0.3, -0.25) is 0 Å². The Balaban J connectivity index is 2.66. The fourth-order valence-electron chi connectivity index (χ4n) is 0.550. The summed E-state index contributed by atoms with van der Waals surface area (Å²) in [5.74, 6) is -0.319. The summed E-state index contributed by atoms with van der Waals surface area (Å²) in [6.45, 7) is 0. The van der Waals surface area contributed by atoms with Crippen LogP contribution in [-0.2, 0) is 0 Å². The number of rotatable bonds is 1. The van der Waals surface area contributed by atoms with Crippen molar-refractivity contribution in [3.05, 3.63) is 24.4 Å². The van der Waals surface area contributed by atoms with Crippen molar-refractivity contribution in [3.63, 3.8) is 0 Å². The van der Waals surface area contributed by atoms with Crippen molar-refractivity contribution in [1.29, 1.82) is 0 Å². The van der Waals surface area contributed by atoms with Crippen LogP contribution in [0.25, 0.3) is 0 Å². The van der Waals surface area contributed by atoms with Crippen LogP contribution in [0.4, 0.5) is 19.0 Å². The predicted molar refractivity (Wildman–Crippen MR) is 32.1 cm³/mol. The summed E-state index contributed by atoms with van der Waals surface area (Å²) >= 11 is 0. The summed E-state index contributed by atoms with van der Waals surface area (Å²) in [5, 5.41) is 2.38. The lowest BCUT2D eigenvalue weighted by Gasteiger charge is -2.03. The molecule has 0 spiro atoms.